The molecule has 2 aromatic carbocycles. The molecule has 0 fully saturated rings. The molecule has 2 N–H and O–H groups in total. The van der Waals surface area contributed by atoms with E-state index in [9.17, 15) is 8.42 Å². The predicted octanol–water partition coefficient (Wildman–Crippen LogP) is 3.14. The number of fused-ring (bicyclic) bond motifs is 1. The molecule has 0 saturated carbocycles. The van der Waals surface area contributed by atoms with Gasteiger partial charge in [-0.1, -0.05) is 48.5 Å². The Balaban J connectivity index is 2.20. The highest BCUT2D eigenvalue weighted by Crippen LogP contribution is 2.35. The van der Waals surface area contributed by atoms with E-state index in [4.69, 9.17) is 5.14 Å². The van der Waals surface area contributed by atoms with Gasteiger partial charge in [0.05, 0.1) is 0 Å². The average molecular weight is 303 g/mol. The number of benzene rings is 2. The van der Waals surface area contributed by atoms with E-state index in [2.05, 4.69) is 0 Å². The van der Waals surface area contributed by atoms with Gasteiger partial charge >= 0.3 is 0 Å². The van der Waals surface area contributed by atoms with Crippen LogP contribution in [0, 0.1) is 0 Å². The van der Waals surface area contributed by atoms with Gasteiger partial charge in [0.2, 0.25) is 10.0 Å². The summed E-state index contributed by atoms with van der Waals surface area (Å²) >= 11 is 1.49. The zero-order chi connectivity index (χ0) is 14.2. The van der Waals surface area contributed by atoms with Crippen LogP contribution in [-0.2, 0) is 16.4 Å². The van der Waals surface area contributed by atoms with Crippen molar-refractivity contribution in [1.29, 1.82) is 0 Å². The van der Waals surface area contributed by atoms with Gasteiger partial charge in [-0.15, -0.1) is 11.3 Å². The molecular weight excluding hydrogens is 290 g/mol. The molecular formula is C15H13NO2S2. The number of hydrogen-bond acceptors (Lipinski definition) is 3. The molecule has 0 aliphatic rings. The van der Waals surface area contributed by atoms with Gasteiger partial charge in [0, 0.05) is 21.4 Å². The third kappa shape index (κ3) is 2.47. The van der Waals surface area contributed by atoms with E-state index < -0.39 is 10.0 Å². The molecule has 3 rings (SSSR count). The number of sulfonamides is 1. The Bertz CT molecular complexity index is 852. The van der Waals surface area contributed by atoms with Crippen LogP contribution in [0.4, 0.5) is 0 Å². The lowest BCUT2D eigenvalue weighted by Gasteiger charge is -2.02. The molecule has 1 heterocycles. The lowest BCUT2D eigenvalue weighted by molar-refractivity contribution is 0.598. The Kier molecular flexibility index (Phi) is 3.33. The first-order valence-corrected chi connectivity index (χ1v) is 8.49. The van der Waals surface area contributed by atoms with Gasteiger partial charge in [-0.2, -0.15) is 0 Å². The van der Waals surface area contributed by atoms with Crippen molar-refractivity contribution < 1.29 is 8.42 Å². The molecule has 0 bridgehead atoms. The Morgan fingerprint density at radius 3 is 2.30 bits per heavy atom. The first-order valence-electron chi connectivity index (χ1n) is 6.13. The van der Waals surface area contributed by atoms with E-state index in [1.807, 2.05) is 48.5 Å². The summed E-state index contributed by atoms with van der Waals surface area (Å²) in [5.41, 5.74) is 1.07. The smallest absolute Gasteiger partial charge is 0.225 e. The van der Waals surface area contributed by atoms with Crippen LogP contribution in [0.1, 0.15) is 10.4 Å². The van der Waals surface area contributed by atoms with E-state index in [0.29, 0.717) is 11.8 Å². The quantitative estimate of drug-likeness (QED) is 0.808. The number of nitrogens with two attached hydrogens (primary N) is 1. The van der Waals surface area contributed by atoms with Gasteiger partial charge in [-0.05, 0) is 11.6 Å². The van der Waals surface area contributed by atoms with Gasteiger partial charge in [0.15, 0.2) is 0 Å². The standard InChI is InChI=1S/C15H13NO2S2/c16-20(17,18)15-12-8-4-5-9-13(12)19-14(15)10-11-6-2-1-3-7-11/h1-9H,10H2,(H2,16,17,18). The van der Waals surface area contributed by atoms with Crippen molar-refractivity contribution in [3.8, 4) is 0 Å². The first-order chi connectivity index (χ1) is 9.55. The van der Waals surface area contributed by atoms with E-state index in [0.717, 1.165) is 15.1 Å². The zero-order valence-corrected chi connectivity index (χ0v) is 12.2. The molecule has 102 valence electrons. The highest BCUT2D eigenvalue weighted by atomic mass is 32.2. The Morgan fingerprint density at radius 1 is 0.950 bits per heavy atom. The van der Waals surface area contributed by atoms with Crippen molar-refractivity contribution in [2.24, 2.45) is 5.14 Å². The second-order valence-corrected chi connectivity index (χ2v) is 7.19. The molecule has 0 aliphatic heterocycles. The molecule has 0 spiro atoms. The SMILES string of the molecule is NS(=O)(=O)c1c(Cc2ccccc2)sc2ccccc12. The topological polar surface area (TPSA) is 60.2 Å². The minimum absolute atomic E-state index is 0.266. The third-order valence-corrected chi connectivity index (χ3v) is 5.45. The summed E-state index contributed by atoms with van der Waals surface area (Å²) in [4.78, 5) is 1.06. The monoisotopic (exact) mass is 303 g/mol. The maximum atomic E-state index is 11.9. The number of primary sulfonamides is 1. The van der Waals surface area contributed by atoms with E-state index in [1.54, 1.807) is 6.07 Å². The summed E-state index contributed by atoms with van der Waals surface area (Å²) in [7, 11) is -3.73. The fourth-order valence-electron chi connectivity index (χ4n) is 2.28. The number of thiophene rings is 1. The van der Waals surface area contributed by atoms with E-state index in [-0.39, 0.29) is 4.90 Å². The first kappa shape index (κ1) is 13.3. The Hall–Kier alpha value is -1.69. The number of rotatable bonds is 3. The van der Waals surface area contributed by atoms with Crippen LogP contribution in [0.3, 0.4) is 0 Å². The highest BCUT2D eigenvalue weighted by molar-refractivity contribution is 7.89. The molecule has 0 atom stereocenters. The molecule has 0 radical (unpaired) electrons. The molecule has 5 heteroatoms. The van der Waals surface area contributed by atoms with Crippen LogP contribution >= 0.6 is 11.3 Å². The minimum atomic E-state index is -3.73. The van der Waals surface area contributed by atoms with Crippen molar-refractivity contribution in [3.63, 3.8) is 0 Å². The van der Waals surface area contributed by atoms with E-state index >= 15 is 0 Å². The molecule has 1 aromatic heterocycles. The van der Waals surface area contributed by atoms with Gasteiger partial charge in [0.25, 0.3) is 0 Å². The summed E-state index contributed by atoms with van der Waals surface area (Å²) in [6, 6.07) is 17.2. The van der Waals surface area contributed by atoms with Crippen molar-refractivity contribution in [3.05, 3.63) is 65.0 Å². The van der Waals surface area contributed by atoms with Crippen LogP contribution < -0.4 is 5.14 Å². The van der Waals surface area contributed by atoms with Crippen LogP contribution in [0.2, 0.25) is 0 Å². The van der Waals surface area contributed by atoms with Crippen LogP contribution in [0.5, 0.6) is 0 Å². The minimum Gasteiger partial charge on any atom is -0.225 e. The lowest BCUT2D eigenvalue weighted by Crippen LogP contribution is -2.13. The fourth-order valence-corrected chi connectivity index (χ4v) is 4.83. The summed E-state index contributed by atoms with van der Waals surface area (Å²) in [5.74, 6) is 0. The summed E-state index contributed by atoms with van der Waals surface area (Å²) in [6.07, 6.45) is 0.575. The van der Waals surface area contributed by atoms with Crippen molar-refractivity contribution in [2.75, 3.05) is 0 Å². The van der Waals surface area contributed by atoms with Crippen LogP contribution in [0.25, 0.3) is 10.1 Å². The number of hydrogen-bond donors (Lipinski definition) is 1. The molecule has 0 aliphatic carbocycles. The fraction of sp³-hybridized carbons (Fsp3) is 0.0667. The summed E-state index contributed by atoms with van der Waals surface area (Å²) in [5, 5.41) is 6.11. The zero-order valence-electron chi connectivity index (χ0n) is 10.6. The molecule has 0 unspecified atom stereocenters. The maximum Gasteiger partial charge on any atom is 0.239 e. The Morgan fingerprint density at radius 2 is 1.60 bits per heavy atom. The average Bonchev–Trinajstić information content (AvgIpc) is 2.77. The van der Waals surface area contributed by atoms with Gasteiger partial charge in [-0.25, -0.2) is 13.6 Å². The van der Waals surface area contributed by atoms with Gasteiger partial charge in [-0.3, -0.25) is 0 Å². The third-order valence-electron chi connectivity index (χ3n) is 3.11. The molecule has 20 heavy (non-hydrogen) atoms. The van der Waals surface area contributed by atoms with Crippen molar-refractivity contribution in [2.45, 2.75) is 11.3 Å². The normalized spacial score (nSPS) is 11.8. The summed E-state index contributed by atoms with van der Waals surface area (Å²) in [6.45, 7) is 0. The van der Waals surface area contributed by atoms with Crippen molar-refractivity contribution >= 4 is 31.4 Å². The molecule has 3 nitrogen and oxygen atoms in total. The predicted molar refractivity (Wildman–Crippen MR) is 82.4 cm³/mol. The van der Waals surface area contributed by atoms with Gasteiger partial charge in [0.1, 0.15) is 4.90 Å². The highest BCUT2D eigenvalue weighted by Gasteiger charge is 2.21. The Labute approximate surface area is 121 Å². The lowest BCUT2D eigenvalue weighted by atomic mass is 10.1. The summed E-state index contributed by atoms with van der Waals surface area (Å²) < 4.78 is 24.8. The maximum absolute atomic E-state index is 11.9. The van der Waals surface area contributed by atoms with Crippen LogP contribution in [-0.4, -0.2) is 8.42 Å². The van der Waals surface area contributed by atoms with Gasteiger partial charge < -0.3 is 0 Å². The molecule has 0 amide bonds. The van der Waals surface area contributed by atoms with Crippen LogP contribution in [0.15, 0.2) is 59.5 Å². The molecule has 0 saturated heterocycles. The second kappa shape index (κ2) is 5.01. The molecule has 3 aromatic rings. The van der Waals surface area contributed by atoms with Crippen molar-refractivity contribution in [1.82, 2.24) is 0 Å². The largest absolute Gasteiger partial charge is 0.239 e. The van der Waals surface area contributed by atoms with E-state index in [1.165, 1.54) is 11.3 Å². The second-order valence-electron chi connectivity index (χ2n) is 4.56.